The summed E-state index contributed by atoms with van der Waals surface area (Å²) in [6.07, 6.45) is 0. The number of halogens is 1. The lowest BCUT2D eigenvalue weighted by atomic mass is 10.2. The number of hydrogen-bond donors (Lipinski definition) is 2. The molecule has 0 aliphatic heterocycles. The number of carbonyl (C=O) groups is 1. The molecule has 0 aliphatic rings. The number of urea groups is 1. The summed E-state index contributed by atoms with van der Waals surface area (Å²) in [5.74, 6) is 2.02. The van der Waals surface area contributed by atoms with Crippen LogP contribution in [0.4, 0.5) is 4.79 Å². The second-order valence-electron chi connectivity index (χ2n) is 5.56. The number of amides is 2. The normalized spacial score (nSPS) is 10.2. The number of ether oxygens (including phenoxy) is 3. The fourth-order valence-corrected chi connectivity index (χ4v) is 2.56. The summed E-state index contributed by atoms with van der Waals surface area (Å²) >= 11 is 5.91. The van der Waals surface area contributed by atoms with Gasteiger partial charge in [0, 0.05) is 11.6 Å². The summed E-state index contributed by atoms with van der Waals surface area (Å²) < 4.78 is 16.1. The van der Waals surface area contributed by atoms with Crippen molar-refractivity contribution in [3.63, 3.8) is 0 Å². The van der Waals surface area contributed by atoms with E-state index in [1.807, 2.05) is 31.2 Å². The van der Waals surface area contributed by atoms with E-state index in [1.165, 1.54) is 0 Å². The highest BCUT2D eigenvalue weighted by atomic mass is 35.5. The maximum atomic E-state index is 11.9. The van der Waals surface area contributed by atoms with Crippen LogP contribution in [0.2, 0.25) is 5.02 Å². The standard InChI is InChI=1S/C19H23ClN2O4/c1-13-10-15(20)5-7-16(13)26-9-8-21-19(23)22-12-14-4-6-17(24-2)18(11-14)25-3/h4-7,10-11H,8-9,12H2,1-3H3,(H2,21,22,23). The highest BCUT2D eigenvalue weighted by molar-refractivity contribution is 6.30. The predicted molar refractivity (Wildman–Crippen MR) is 101 cm³/mol. The Kier molecular flexibility index (Phi) is 7.41. The van der Waals surface area contributed by atoms with Crippen molar-refractivity contribution in [2.75, 3.05) is 27.4 Å². The van der Waals surface area contributed by atoms with E-state index < -0.39 is 0 Å². The number of rotatable bonds is 8. The molecule has 0 unspecified atom stereocenters. The van der Waals surface area contributed by atoms with Crippen molar-refractivity contribution in [1.29, 1.82) is 0 Å². The third-order valence-electron chi connectivity index (χ3n) is 3.68. The molecule has 6 nitrogen and oxygen atoms in total. The van der Waals surface area contributed by atoms with Crippen molar-refractivity contribution in [3.8, 4) is 17.2 Å². The molecule has 2 amide bonds. The topological polar surface area (TPSA) is 68.8 Å². The summed E-state index contributed by atoms with van der Waals surface area (Å²) in [7, 11) is 3.15. The van der Waals surface area contributed by atoms with Gasteiger partial charge in [-0.15, -0.1) is 0 Å². The van der Waals surface area contributed by atoms with Crippen LogP contribution in [0.3, 0.4) is 0 Å². The van der Waals surface area contributed by atoms with Crippen LogP contribution in [0.1, 0.15) is 11.1 Å². The summed E-state index contributed by atoms with van der Waals surface area (Å²) in [6, 6.07) is 10.6. The molecular formula is C19H23ClN2O4. The van der Waals surface area contributed by atoms with Gasteiger partial charge in [0.05, 0.1) is 20.8 Å². The second kappa shape index (κ2) is 9.77. The van der Waals surface area contributed by atoms with Gasteiger partial charge in [0.1, 0.15) is 12.4 Å². The maximum Gasteiger partial charge on any atom is 0.315 e. The molecule has 2 aromatic rings. The zero-order chi connectivity index (χ0) is 18.9. The predicted octanol–water partition coefficient (Wildman–Crippen LogP) is 3.54. The van der Waals surface area contributed by atoms with Gasteiger partial charge in [-0.2, -0.15) is 0 Å². The lowest BCUT2D eigenvalue weighted by Gasteiger charge is -2.12. The molecule has 0 aromatic heterocycles. The van der Waals surface area contributed by atoms with Crippen LogP contribution in [0.5, 0.6) is 17.2 Å². The van der Waals surface area contributed by atoms with E-state index in [0.29, 0.717) is 36.2 Å². The van der Waals surface area contributed by atoms with Crippen LogP contribution in [0, 0.1) is 6.92 Å². The van der Waals surface area contributed by atoms with Crippen molar-refractivity contribution < 1.29 is 19.0 Å². The maximum absolute atomic E-state index is 11.9. The highest BCUT2D eigenvalue weighted by Gasteiger charge is 2.06. The van der Waals surface area contributed by atoms with Crippen LogP contribution in [0.25, 0.3) is 0 Å². The first-order valence-corrected chi connectivity index (χ1v) is 8.53. The zero-order valence-electron chi connectivity index (χ0n) is 15.1. The molecule has 0 heterocycles. The number of methoxy groups -OCH3 is 2. The molecule has 2 rings (SSSR count). The number of hydrogen-bond acceptors (Lipinski definition) is 4. The zero-order valence-corrected chi connectivity index (χ0v) is 15.9. The third kappa shape index (κ3) is 5.74. The fourth-order valence-electron chi connectivity index (χ4n) is 2.34. The van der Waals surface area contributed by atoms with Crippen LogP contribution in [-0.2, 0) is 6.54 Å². The first-order chi connectivity index (χ1) is 12.5. The van der Waals surface area contributed by atoms with Crippen molar-refractivity contribution in [1.82, 2.24) is 10.6 Å². The van der Waals surface area contributed by atoms with Crippen molar-refractivity contribution in [3.05, 3.63) is 52.5 Å². The summed E-state index contributed by atoms with van der Waals surface area (Å²) in [5, 5.41) is 6.20. The second-order valence-corrected chi connectivity index (χ2v) is 5.99. The lowest BCUT2D eigenvalue weighted by molar-refractivity contribution is 0.236. The molecule has 0 saturated heterocycles. The number of nitrogens with one attached hydrogen (secondary N) is 2. The van der Waals surface area contributed by atoms with Crippen LogP contribution < -0.4 is 24.8 Å². The molecule has 7 heteroatoms. The minimum Gasteiger partial charge on any atom is -0.493 e. The molecule has 0 radical (unpaired) electrons. The van der Waals surface area contributed by atoms with E-state index in [-0.39, 0.29) is 6.03 Å². The third-order valence-corrected chi connectivity index (χ3v) is 3.92. The van der Waals surface area contributed by atoms with E-state index in [9.17, 15) is 4.79 Å². The minimum atomic E-state index is -0.267. The Bertz CT molecular complexity index is 752. The van der Waals surface area contributed by atoms with Gasteiger partial charge in [-0.1, -0.05) is 17.7 Å². The smallest absolute Gasteiger partial charge is 0.315 e. The van der Waals surface area contributed by atoms with Gasteiger partial charge in [0.25, 0.3) is 0 Å². The van der Waals surface area contributed by atoms with E-state index in [4.69, 9.17) is 25.8 Å². The summed E-state index contributed by atoms with van der Waals surface area (Å²) in [6.45, 7) is 3.06. The fraction of sp³-hybridized carbons (Fsp3) is 0.316. The Balaban J connectivity index is 1.72. The molecule has 2 aromatic carbocycles. The molecule has 140 valence electrons. The van der Waals surface area contributed by atoms with E-state index in [1.54, 1.807) is 26.4 Å². The van der Waals surface area contributed by atoms with Crippen molar-refractivity contribution >= 4 is 17.6 Å². The molecule has 26 heavy (non-hydrogen) atoms. The molecule has 0 fully saturated rings. The average Bonchev–Trinajstić information content (AvgIpc) is 2.64. The number of benzene rings is 2. The van der Waals surface area contributed by atoms with Gasteiger partial charge in [0.2, 0.25) is 0 Å². The Morgan fingerprint density at radius 3 is 2.42 bits per heavy atom. The minimum absolute atomic E-state index is 0.267. The van der Waals surface area contributed by atoms with Crippen LogP contribution >= 0.6 is 11.6 Å². The SMILES string of the molecule is COc1ccc(CNC(=O)NCCOc2ccc(Cl)cc2C)cc1OC. The van der Waals surface area contributed by atoms with Gasteiger partial charge in [-0.3, -0.25) is 0 Å². The van der Waals surface area contributed by atoms with Crippen molar-refractivity contribution in [2.24, 2.45) is 0 Å². The van der Waals surface area contributed by atoms with Gasteiger partial charge < -0.3 is 24.8 Å². The van der Waals surface area contributed by atoms with Crippen LogP contribution in [-0.4, -0.2) is 33.4 Å². The summed E-state index contributed by atoms with van der Waals surface area (Å²) in [5.41, 5.74) is 1.86. The molecule has 0 saturated carbocycles. The Morgan fingerprint density at radius 1 is 1.00 bits per heavy atom. The Hall–Kier alpha value is -2.60. The largest absolute Gasteiger partial charge is 0.493 e. The average molecular weight is 379 g/mol. The first kappa shape index (κ1) is 19.7. The molecule has 0 atom stereocenters. The van der Waals surface area contributed by atoms with E-state index in [0.717, 1.165) is 16.9 Å². The molecule has 0 spiro atoms. The quantitative estimate of drug-likeness (QED) is 0.689. The first-order valence-electron chi connectivity index (χ1n) is 8.15. The van der Waals surface area contributed by atoms with E-state index in [2.05, 4.69) is 10.6 Å². The Labute approximate surface area is 158 Å². The molecule has 2 N–H and O–H groups in total. The van der Waals surface area contributed by atoms with Crippen molar-refractivity contribution in [2.45, 2.75) is 13.5 Å². The molecule has 0 aliphatic carbocycles. The lowest BCUT2D eigenvalue weighted by Crippen LogP contribution is -2.37. The Morgan fingerprint density at radius 2 is 1.73 bits per heavy atom. The van der Waals surface area contributed by atoms with Gasteiger partial charge >= 0.3 is 6.03 Å². The molecule has 0 bridgehead atoms. The van der Waals surface area contributed by atoms with Gasteiger partial charge in [-0.05, 0) is 48.4 Å². The summed E-state index contributed by atoms with van der Waals surface area (Å²) in [4.78, 5) is 11.9. The van der Waals surface area contributed by atoms with E-state index >= 15 is 0 Å². The monoisotopic (exact) mass is 378 g/mol. The highest BCUT2D eigenvalue weighted by Crippen LogP contribution is 2.27. The van der Waals surface area contributed by atoms with Crippen LogP contribution in [0.15, 0.2) is 36.4 Å². The van der Waals surface area contributed by atoms with Gasteiger partial charge in [-0.25, -0.2) is 4.79 Å². The molecular weight excluding hydrogens is 356 g/mol. The number of carbonyl (C=O) groups excluding carboxylic acids is 1. The van der Waals surface area contributed by atoms with Gasteiger partial charge in [0.15, 0.2) is 11.5 Å². The number of aryl methyl sites for hydroxylation is 1.